The number of benzene rings is 3. The van der Waals surface area contributed by atoms with E-state index < -0.39 is 10.8 Å². The lowest BCUT2D eigenvalue weighted by atomic mass is 10.1. The van der Waals surface area contributed by atoms with Crippen molar-refractivity contribution in [2.45, 2.75) is 6.61 Å². The molecule has 3 aromatic rings. The van der Waals surface area contributed by atoms with Gasteiger partial charge in [0.2, 0.25) is 0 Å². The number of nitro benzene ring substituents is 1. The summed E-state index contributed by atoms with van der Waals surface area (Å²) in [5, 5.41) is 23.9. The molecule has 0 unspecified atom stereocenters. The van der Waals surface area contributed by atoms with E-state index in [0.717, 1.165) is 11.6 Å². The Bertz CT molecular complexity index is 1370. The van der Waals surface area contributed by atoms with Gasteiger partial charge in [-0.05, 0) is 42.0 Å². The predicted molar refractivity (Wildman–Crippen MR) is 134 cm³/mol. The Labute approximate surface area is 215 Å². The number of para-hydroxylation sites is 1. The second-order valence-electron chi connectivity index (χ2n) is 6.96. The normalized spacial score (nSPS) is 10.9. The molecule has 0 bridgehead atoms. The number of nitro groups is 1. The lowest BCUT2D eigenvalue weighted by molar-refractivity contribution is -0.384. The maximum Gasteiger partial charge on any atom is 0.289 e. The van der Waals surface area contributed by atoms with E-state index in [0.29, 0.717) is 27.1 Å². The van der Waals surface area contributed by atoms with Crippen molar-refractivity contribution in [1.29, 1.82) is 5.26 Å². The van der Waals surface area contributed by atoms with E-state index in [9.17, 15) is 20.2 Å². The van der Waals surface area contributed by atoms with Gasteiger partial charge in [0.1, 0.15) is 23.3 Å². The third-order valence-corrected chi connectivity index (χ3v) is 5.72. The Kier molecular flexibility index (Phi) is 8.55. The fraction of sp³-hybridized carbons (Fsp3) is 0.0833. The molecule has 0 saturated carbocycles. The molecule has 0 heterocycles. The summed E-state index contributed by atoms with van der Waals surface area (Å²) in [7, 11) is 1.46. The molecule has 35 heavy (non-hydrogen) atoms. The first-order valence-corrected chi connectivity index (χ1v) is 11.0. The number of hydrogen-bond acceptors (Lipinski definition) is 6. The second kappa shape index (κ2) is 11.6. The molecule has 0 saturated heterocycles. The summed E-state index contributed by atoms with van der Waals surface area (Å²) in [6, 6.07) is 15.6. The summed E-state index contributed by atoms with van der Waals surface area (Å²) in [6.45, 7) is 0.112. The van der Waals surface area contributed by atoms with Crippen LogP contribution in [0.3, 0.4) is 0 Å². The minimum Gasteiger partial charge on any atom is -0.493 e. The summed E-state index contributed by atoms with van der Waals surface area (Å²) >= 11 is 17.8. The number of ether oxygens (including phenoxy) is 2. The molecule has 3 rings (SSSR count). The lowest BCUT2D eigenvalue weighted by Crippen LogP contribution is -2.13. The molecule has 0 radical (unpaired) electrons. The Balaban J connectivity index is 1.89. The molecular weight excluding hydrogens is 517 g/mol. The van der Waals surface area contributed by atoms with Crippen molar-refractivity contribution in [3.05, 3.63) is 96.5 Å². The van der Waals surface area contributed by atoms with Crippen molar-refractivity contribution in [3.63, 3.8) is 0 Å². The zero-order chi connectivity index (χ0) is 25.5. The lowest BCUT2D eigenvalue weighted by Gasteiger charge is -2.14. The smallest absolute Gasteiger partial charge is 0.289 e. The highest BCUT2D eigenvalue weighted by atomic mass is 35.5. The molecule has 3 aromatic carbocycles. The van der Waals surface area contributed by atoms with Crippen molar-refractivity contribution in [2.75, 3.05) is 12.4 Å². The van der Waals surface area contributed by atoms with Crippen molar-refractivity contribution in [1.82, 2.24) is 0 Å². The highest BCUT2D eigenvalue weighted by Gasteiger charge is 2.17. The van der Waals surface area contributed by atoms with Gasteiger partial charge < -0.3 is 14.8 Å². The number of anilines is 1. The number of nitrogens with zero attached hydrogens (tertiary/aromatic N) is 2. The van der Waals surface area contributed by atoms with Crippen LogP contribution in [-0.2, 0) is 11.4 Å². The van der Waals surface area contributed by atoms with Gasteiger partial charge in [-0.3, -0.25) is 14.9 Å². The topological polar surface area (TPSA) is 114 Å². The minimum atomic E-state index is -0.776. The maximum atomic E-state index is 12.7. The summed E-state index contributed by atoms with van der Waals surface area (Å²) in [5.41, 5.74) is 0.600. The molecule has 0 fully saturated rings. The number of methoxy groups -OCH3 is 1. The summed E-state index contributed by atoms with van der Waals surface area (Å²) in [5.74, 6) is -0.101. The molecule has 1 amide bonds. The second-order valence-corrected chi connectivity index (χ2v) is 8.18. The number of amides is 1. The molecule has 0 spiro atoms. The van der Waals surface area contributed by atoms with Crippen molar-refractivity contribution in [2.24, 2.45) is 0 Å². The number of carbonyl (C=O) groups is 1. The Hall–Kier alpha value is -3.77. The SMILES string of the molecule is COc1cccc(/C=C(\C#N)C(=O)Nc2ccc(Cl)c([N+](=O)[O-])c2)c1OCc1ccc(Cl)c(Cl)c1. The van der Waals surface area contributed by atoms with Crippen LogP contribution in [0.1, 0.15) is 11.1 Å². The quantitative estimate of drug-likeness (QED) is 0.150. The standard InChI is InChI=1S/C24H16Cl3N3O5/c1-34-22-4-2-3-15(23(22)35-13-14-5-7-18(25)20(27)9-14)10-16(12-28)24(31)29-17-6-8-19(26)21(11-17)30(32)33/h2-11H,13H2,1H3,(H,29,31)/b16-10+. The number of nitrogens with one attached hydrogen (secondary N) is 1. The first-order chi connectivity index (χ1) is 16.7. The van der Waals surface area contributed by atoms with Gasteiger partial charge >= 0.3 is 0 Å². The van der Waals surface area contributed by atoms with Crippen LogP contribution in [0.2, 0.25) is 15.1 Å². The van der Waals surface area contributed by atoms with Gasteiger partial charge in [0, 0.05) is 17.3 Å². The van der Waals surface area contributed by atoms with E-state index >= 15 is 0 Å². The highest BCUT2D eigenvalue weighted by molar-refractivity contribution is 6.42. The zero-order valence-electron chi connectivity index (χ0n) is 18.1. The molecule has 1 N–H and O–H groups in total. The first-order valence-electron chi connectivity index (χ1n) is 9.84. The van der Waals surface area contributed by atoms with Gasteiger partial charge in [-0.15, -0.1) is 0 Å². The third kappa shape index (κ3) is 6.43. The van der Waals surface area contributed by atoms with E-state index in [1.54, 1.807) is 36.4 Å². The van der Waals surface area contributed by atoms with Gasteiger partial charge in [-0.25, -0.2) is 0 Å². The van der Waals surface area contributed by atoms with Crippen LogP contribution < -0.4 is 14.8 Å². The van der Waals surface area contributed by atoms with E-state index in [4.69, 9.17) is 44.3 Å². The zero-order valence-corrected chi connectivity index (χ0v) is 20.3. The van der Waals surface area contributed by atoms with Gasteiger partial charge in [0.15, 0.2) is 11.5 Å². The molecular formula is C24H16Cl3N3O5. The molecule has 178 valence electrons. The molecule has 11 heteroatoms. The number of carbonyl (C=O) groups excluding carboxylic acids is 1. The Morgan fingerprint density at radius 2 is 1.86 bits per heavy atom. The van der Waals surface area contributed by atoms with E-state index in [-0.39, 0.29) is 28.6 Å². The third-order valence-electron chi connectivity index (χ3n) is 4.66. The molecule has 8 nitrogen and oxygen atoms in total. The van der Waals surface area contributed by atoms with Crippen LogP contribution in [0.25, 0.3) is 6.08 Å². The van der Waals surface area contributed by atoms with Crippen LogP contribution >= 0.6 is 34.8 Å². The van der Waals surface area contributed by atoms with Crippen LogP contribution in [-0.4, -0.2) is 17.9 Å². The average molecular weight is 533 g/mol. The molecule has 0 aliphatic heterocycles. The predicted octanol–water partition coefficient (Wildman–Crippen LogP) is 6.69. The largest absolute Gasteiger partial charge is 0.493 e. The van der Waals surface area contributed by atoms with Crippen molar-refractivity contribution >= 4 is 58.2 Å². The van der Waals surface area contributed by atoms with Crippen LogP contribution in [0.15, 0.2) is 60.2 Å². The molecule has 0 aromatic heterocycles. The van der Waals surface area contributed by atoms with E-state index in [1.807, 2.05) is 6.07 Å². The van der Waals surface area contributed by atoms with E-state index in [1.165, 1.54) is 25.3 Å². The fourth-order valence-electron chi connectivity index (χ4n) is 2.98. The number of rotatable bonds is 8. The van der Waals surface area contributed by atoms with Crippen molar-refractivity contribution in [3.8, 4) is 17.6 Å². The van der Waals surface area contributed by atoms with Crippen LogP contribution in [0.5, 0.6) is 11.5 Å². The van der Waals surface area contributed by atoms with Gasteiger partial charge in [-0.2, -0.15) is 5.26 Å². The fourth-order valence-corrected chi connectivity index (χ4v) is 3.49. The highest BCUT2D eigenvalue weighted by Crippen LogP contribution is 2.34. The van der Waals surface area contributed by atoms with Crippen LogP contribution in [0.4, 0.5) is 11.4 Å². The summed E-state index contributed by atoms with van der Waals surface area (Å²) < 4.78 is 11.3. The maximum absolute atomic E-state index is 12.7. The minimum absolute atomic E-state index is 0.0795. The van der Waals surface area contributed by atoms with E-state index in [2.05, 4.69) is 5.32 Å². The van der Waals surface area contributed by atoms with Gasteiger partial charge in [0.05, 0.1) is 22.1 Å². The number of hydrogen-bond donors (Lipinski definition) is 1. The molecule has 0 aliphatic rings. The van der Waals surface area contributed by atoms with Crippen molar-refractivity contribution < 1.29 is 19.2 Å². The molecule has 0 aliphatic carbocycles. The summed E-state index contributed by atoms with van der Waals surface area (Å²) in [4.78, 5) is 23.1. The Morgan fingerprint density at radius 1 is 1.11 bits per heavy atom. The summed E-state index contributed by atoms with van der Waals surface area (Å²) in [6.07, 6.45) is 1.33. The van der Waals surface area contributed by atoms with Gasteiger partial charge in [0.25, 0.3) is 11.6 Å². The monoisotopic (exact) mass is 531 g/mol. The average Bonchev–Trinajstić information content (AvgIpc) is 2.84. The molecule has 0 atom stereocenters. The number of halogens is 3. The first kappa shape index (κ1) is 25.8. The van der Waals surface area contributed by atoms with Crippen LogP contribution in [0, 0.1) is 21.4 Å². The van der Waals surface area contributed by atoms with Gasteiger partial charge in [-0.1, -0.05) is 53.0 Å². The number of nitriles is 1. The Morgan fingerprint density at radius 3 is 2.51 bits per heavy atom.